The molecule has 0 amide bonds. The molecule has 0 aliphatic carbocycles. The Morgan fingerprint density at radius 2 is 2.16 bits per heavy atom. The zero-order valence-electron chi connectivity index (χ0n) is 12.1. The summed E-state index contributed by atoms with van der Waals surface area (Å²) in [7, 11) is -2.86. The lowest BCUT2D eigenvalue weighted by molar-refractivity contribution is 0.422. The largest absolute Gasteiger partial charge is 0.308 e. The van der Waals surface area contributed by atoms with Crippen molar-refractivity contribution in [2.75, 3.05) is 11.5 Å². The van der Waals surface area contributed by atoms with Gasteiger partial charge >= 0.3 is 0 Å². The second kappa shape index (κ2) is 4.90. The third-order valence-corrected chi connectivity index (χ3v) is 5.26. The van der Waals surface area contributed by atoms with Crippen LogP contribution in [0, 0.1) is 6.92 Å². The van der Waals surface area contributed by atoms with Gasteiger partial charge in [-0.3, -0.25) is 4.68 Å². The monoisotopic (exact) mass is 285 g/mol. The van der Waals surface area contributed by atoms with E-state index in [9.17, 15) is 8.42 Å². The van der Waals surface area contributed by atoms with E-state index in [0.717, 1.165) is 17.8 Å². The Balaban J connectivity index is 2.11. The summed E-state index contributed by atoms with van der Waals surface area (Å²) >= 11 is 0. The first-order valence-electron chi connectivity index (χ1n) is 6.66. The molecule has 6 heteroatoms. The zero-order valence-corrected chi connectivity index (χ0v) is 12.9. The molecule has 1 saturated heterocycles. The number of hydrogen-bond acceptors (Lipinski definition) is 4. The van der Waals surface area contributed by atoms with E-state index in [4.69, 9.17) is 0 Å². The standard InChI is InChI=1S/C13H23N3O2S/c1-10-11(7-14-13(2,3)4)8-15-16(10)12-5-6-19(17,18)9-12/h8,12,14H,5-7,9H2,1-4H3. The summed E-state index contributed by atoms with van der Waals surface area (Å²) in [5, 5.41) is 7.80. The van der Waals surface area contributed by atoms with Crippen LogP contribution in [-0.2, 0) is 16.4 Å². The number of sulfone groups is 1. The quantitative estimate of drug-likeness (QED) is 0.912. The van der Waals surface area contributed by atoms with E-state index >= 15 is 0 Å². The van der Waals surface area contributed by atoms with Crippen LogP contribution < -0.4 is 5.32 Å². The van der Waals surface area contributed by atoms with Crippen LogP contribution in [0.1, 0.15) is 44.5 Å². The van der Waals surface area contributed by atoms with E-state index in [0.29, 0.717) is 6.42 Å². The smallest absolute Gasteiger partial charge is 0.152 e. The van der Waals surface area contributed by atoms with Gasteiger partial charge in [0, 0.05) is 23.3 Å². The van der Waals surface area contributed by atoms with Crippen LogP contribution in [0.2, 0.25) is 0 Å². The molecule has 1 fully saturated rings. The third-order valence-electron chi connectivity index (χ3n) is 3.51. The molecule has 0 spiro atoms. The lowest BCUT2D eigenvalue weighted by Gasteiger charge is -2.20. The van der Waals surface area contributed by atoms with Gasteiger partial charge in [-0.05, 0) is 34.1 Å². The van der Waals surface area contributed by atoms with E-state index < -0.39 is 9.84 Å². The molecular formula is C13H23N3O2S. The average molecular weight is 285 g/mol. The fraction of sp³-hybridized carbons (Fsp3) is 0.769. The summed E-state index contributed by atoms with van der Waals surface area (Å²) in [4.78, 5) is 0. The predicted molar refractivity (Wildman–Crippen MR) is 75.9 cm³/mol. The zero-order chi connectivity index (χ0) is 14.3. The Kier molecular flexibility index (Phi) is 3.75. The minimum Gasteiger partial charge on any atom is -0.308 e. The molecule has 19 heavy (non-hydrogen) atoms. The van der Waals surface area contributed by atoms with Crippen LogP contribution in [-0.4, -0.2) is 35.2 Å². The third kappa shape index (κ3) is 3.57. The van der Waals surface area contributed by atoms with Crippen molar-refractivity contribution in [3.8, 4) is 0 Å². The molecular weight excluding hydrogens is 262 g/mol. The highest BCUT2D eigenvalue weighted by Gasteiger charge is 2.30. The van der Waals surface area contributed by atoms with Crippen LogP contribution >= 0.6 is 0 Å². The molecule has 108 valence electrons. The van der Waals surface area contributed by atoms with Crippen LogP contribution in [0.5, 0.6) is 0 Å². The van der Waals surface area contributed by atoms with Gasteiger partial charge in [-0.1, -0.05) is 0 Å². The minimum absolute atomic E-state index is 0.00777. The molecule has 1 aliphatic heterocycles. The fourth-order valence-corrected chi connectivity index (χ4v) is 4.02. The van der Waals surface area contributed by atoms with E-state index in [2.05, 4.69) is 31.2 Å². The molecule has 0 bridgehead atoms. The molecule has 5 nitrogen and oxygen atoms in total. The number of nitrogens with zero attached hydrogens (tertiary/aromatic N) is 2. The van der Waals surface area contributed by atoms with E-state index in [1.54, 1.807) is 0 Å². The highest BCUT2D eigenvalue weighted by Crippen LogP contribution is 2.25. The lowest BCUT2D eigenvalue weighted by Crippen LogP contribution is -2.35. The maximum atomic E-state index is 11.5. The van der Waals surface area contributed by atoms with Crippen molar-refractivity contribution in [1.29, 1.82) is 0 Å². The van der Waals surface area contributed by atoms with E-state index in [1.807, 2.05) is 17.8 Å². The Labute approximate surface area is 115 Å². The molecule has 1 aliphatic rings. The van der Waals surface area contributed by atoms with Crippen LogP contribution in [0.4, 0.5) is 0 Å². The fourth-order valence-electron chi connectivity index (χ4n) is 2.33. The van der Waals surface area contributed by atoms with Crippen molar-refractivity contribution in [3.63, 3.8) is 0 Å². The van der Waals surface area contributed by atoms with Crippen molar-refractivity contribution in [2.24, 2.45) is 0 Å². The molecule has 0 aromatic carbocycles. The maximum absolute atomic E-state index is 11.5. The van der Waals surface area contributed by atoms with Crippen LogP contribution in [0.25, 0.3) is 0 Å². The summed E-state index contributed by atoms with van der Waals surface area (Å²) < 4.78 is 25.0. The van der Waals surface area contributed by atoms with Gasteiger partial charge in [0.2, 0.25) is 0 Å². The Hall–Kier alpha value is -0.880. The first-order chi connectivity index (χ1) is 8.68. The average Bonchev–Trinajstić information content (AvgIpc) is 2.78. The first-order valence-corrected chi connectivity index (χ1v) is 8.48. The van der Waals surface area contributed by atoms with Crippen molar-refractivity contribution in [2.45, 2.75) is 52.2 Å². The second-order valence-electron chi connectivity index (χ2n) is 6.36. The highest BCUT2D eigenvalue weighted by atomic mass is 32.2. The molecule has 0 saturated carbocycles. The van der Waals surface area contributed by atoms with E-state index in [1.165, 1.54) is 0 Å². The van der Waals surface area contributed by atoms with Crippen LogP contribution in [0.15, 0.2) is 6.20 Å². The summed E-state index contributed by atoms with van der Waals surface area (Å²) in [6.45, 7) is 9.13. The summed E-state index contributed by atoms with van der Waals surface area (Å²) in [5.74, 6) is 0.508. The first kappa shape index (κ1) is 14.5. The number of aromatic nitrogens is 2. The van der Waals surface area contributed by atoms with Crippen LogP contribution in [0.3, 0.4) is 0 Å². The highest BCUT2D eigenvalue weighted by molar-refractivity contribution is 7.91. The molecule has 0 radical (unpaired) electrons. The summed E-state index contributed by atoms with van der Waals surface area (Å²) in [6.07, 6.45) is 2.52. The summed E-state index contributed by atoms with van der Waals surface area (Å²) in [5.41, 5.74) is 2.27. The topological polar surface area (TPSA) is 64.0 Å². The molecule has 2 heterocycles. The van der Waals surface area contributed by atoms with Crippen molar-refractivity contribution >= 4 is 9.84 Å². The number of rotatable bonds is 3. The van der Waals surface area contributed by atoms with Crippen molar-refractivity contribution in [1.82, 2.24) is 15.1 Å². The Morgan fingerprint density at radius 3 is 2.68 bits per heavy atom. The molecule has 1 atom stereocenters. The van der Waals surface area contributed by atoms with Gasteiger partial charge in [0.1, 0.15) is 0 Å². The summed E-state index contributed by atoms with van der Waals surface area (Å²) in [6, 6.07) is 0.00777. The number of hydrogen-bond donors (Lipinski definition) is 1. The molecule has 1 aromatic rings. The van der Waals surface area contributed by atoms with Gasteiger partial charge < -0.3 is 5.32 Å². The molecule has 1 N–H and O–H groups in total. The SMILES string of the molecule is Cc1c(CNC(C)(C)C)cnn1C1CCS(=O)(=O)C1. The van der Waals surface area contributed by atoms with Crippen molar-refractivity contribution < 1.29 is 8.42 Å². The second-order valence-corrected chi connectivity index (χ2v) is 8.59. The molecule has 1 unspecified atom stereocenters. The Morgan fingerprint density at radius 1 is 1.47 bits per heavy atom. The molecule has 1 aromatic heterocycles. The minimum atomic E-state index is -2.86. The van der Waals surface area contributed by atoms with Gasteiger partial charge in [-0.2, -0.15) is 5.10 Å². The van der Waals surface area contributed by atoms with Crippen molar-refractivity contribution in [3.05, 3.63) is 17.5 Å². The lowest BCUT2D eigenvalue weighted by atomic mass is 10.1. The van der Waals surface area contributed by atoms with E-state index in [-0.39, 0.29) is 23.1 Å². The van der Waals surface area contributed by atoms with Gasteiger partial charge in [0.15, 0.2) is 9.84 Å². The molecule has 2 rings (SSSR count). The maximum Gasteiger partial charge on any atom is 0.152 e. The van der Waals surface area contributed by atoms with Gasteiger partial charge in [0.25, 0.3) is 0 Å². The van der Waals surface area contributed by atoms with Gasteiger partial charge in [-0.25, -0.2) is 8.42 Å². The normalized spacial score (nSPS) is 22.8. The van der Waals surface area contributed by atoms with Gasteiger partial charge in [-0.15, -0.1) is 0 Å². The predicted octanol–water partition coefficient (Wildman–Crippen LogP) is 1.44. The number of nitrogens with one attached hydrogen (secondary N) is 1. The van der Waals surface area contributed by atoms with Gasteiger partial charge in [0.05, 0.1) is 23.7 Å². The Bertz CT molecular complexity index is 555.